The van der Waals surface area contributed by atoms with Gasteiger partial charge in [-0.3, -0.25) is 0 Å². The Kier molecular flexibility index (Phi) is 5.46. The topological polar surface area (TPSA) is 48.4 Å². The molecule has 0 radical (unpaired) electrons. The number of hydrogen-bond donors (Lipinski definition) is 0. The predicted octanol–water partition coefficient (Wildman–Crippen LogP) is 4.84. The molecular formula is C19H15F6NO3. The number of carbonyl (C=O) groups excluding carboxylic acids is 1. The van der Waals surface area contributed by atoms with Gasteiger partial charge in [0.05, 0.1) is 29.5 Å². The first-order valence-corrected chi connectivity index (χ1v) is 8.50. The van der Waals surface area contributed by atoms with Gasteiger partial charge in [-0.2, -0.15) is 26.3 Å². The quantitative estimate of drug-likeness (QED) is 0.528. The molecule has 0 saturated carbocycles. The lowest BCUT2D eigenvalue weighted by Gasteiger charge is -2.24. The maximum Gasteiger partial charge on any atom is 0.416 e. The zero-order chi connectivity index (χ0) is 21.4. The van der Waals surface area contributed by atoms with E-state index < -0.39 is 41.1 Å². The molecular weight excluding hydrogens is 404 g/mol. The van der Waals surface area contributed by atoms with Crippen LogP contribution < -0.4 is 4.74 Å². The summed E-state index contributed by atoms with van der Waals surface area (Å²) >= 11 is 0. The number of methoxy groups -OCH3 is 1. The summed E-state index contributed by atoms with van der Waals surface area (Å²) in [5, 5.41) is 0. The first-order chi connectivity index (χ1) is 13.5. The van der Waals surface area contributed by atoms with E-state index in [-0.39, 0.29) is 12.5 Å². The Hall–Kier alpha value is -2.78. The van der Waals surface area contributed by atoms with E-state index in [2.05, 4.69) is 4.98 Å². The van der Waals surface area contributed by atoms with Crippen LogP contribution in [0, 0.1) is 0 Å². The van der Waals surface area contributed by atoms with Crippen LogP contribution in [0.2, 0.25) is 0 Å². The van der Waals surface area contributed by atoms with Crippen molar-refractivity contribution in [2.75, 3.05) is 7.11 Å². The highest BCUT2D eigenvalue weighted by atomic mass is 19.4. The largest absolute Gasteiger partial charge is 0.481 e. The van der Waals surface area contributed by atoms with Gasteiger partial charge in [-0.25, -0.2) is 9.78 Å². The summed E-state index contributed by atoms with van der Waals surface area (Å²) < 4.78 is 87.9. The summed E-state index contributed by atoms with van der Waals surface area (Å²) in [6, 6.07) is 4.16. The minimum atomic E-state index is -5.04. The highest BCUT2D eigenvalue weighted by Crippen LogP contribution is 2.36. The molecule has 1 aliphatic carbocycles. The van der Waals surface area contributed by atoms with E-state index in [1.54, 1.807) is 6.07 Å². The molecule has 0 saturated heterocycles. The Balaban J connectivity index is 1.83. The van der Waals surface area contributed by atoms with E-state index in [1.165, 1.54) is 7.11 Å². The average Bonchev–Trinajstić information content (AvgIpc) is 2.65. The maximum atomic E-state index is 13.0. The summed E-state index contributed by atoms with van der Waals surface area (Å²) in [6.45, 7) is 0. The van der Waals surface area contributed by atoms with E-state index in [0.29, 0.717) is 36.5 Å². The third-order valence-electron chi connectivity index (χ3n) is 4.51. The summed E-state index contributed by atoms with van der Waals surface area (Å²) in [5.41, 5.74) is -2.43. The molecule has 0 aliphatic heterocycles. The lowest BCUT2D eigenvalue weighted by atomic mass is 9.93. The predicted molar refractivity (Wildman–Crippen MR) is 88.5 cm³/mol. The molecule has 0 N–H and O–H groups in total. The van der Waals surface area contributed by atoms with Crippen molar-refractivity contribution in [3.8, 4) is 5.88 Å². The molecule has 1 unspecified atom stereocenters. The Morgan fingerprint density at radius 3 is 2.21 bits per heavy atom. The average molecular weight is 419 g/mol. The number of nitrogens with zero attached hydrogens (tertiary/aromatic N) is 1. The molecule has 0 spiro atoms. The lowest BCUT2D eigenvalue weighted by molar-refractivity contribution is -0.143. The highest BCUT2D eigenvalue weighted by molar-refractivity contribution is 5.90. The number of ether oxygens (including phenoxy) is 2. The normalized spacial score (nSPS) is 16.9. The van der Waals surface area contributed by atoms with E-state index in [4.69, 9.17) is 9.47 Å². The van der Waals surface area contributed by atoms with Gasteiger partial charge in [0, 0.05) is 12.5 Å². The standard InChI is InChI=1S/C19H15F6NO3/c1-28-16-5-3-10-2-4-14(9-15(10)26-16)29-17(27)11-6-12(18(20,21)22)8-13(7-11)19(23,24)25/h3,5-8,14H,2,4,9H2,1H3. The summed E-state index contributed by atoms with van der Waals surface area (Å²) in [5.74, 6) is -0.902. The number of alkyl halides is 6. The summed E-state index contributed by atoms with van der Waals surface area (Å²) in [4.78, 5) is 16.5. The van der Waals surface area contributed by atoms with Crippen LogP contribution in [0.4, 0.5) is 26.3 Å². The first kappa shape index (κ1) is 20.9. The zero-order valence-corrected chi connectivity index (χ0v) is 15.0. The fourth-order valence-corrected chi connectivity index (χ4v) is 3.06. The van der Waals surface area contributed by atoms with Gasteiger partial charge in [0.1, 0.15) is 6.10 Å². The number of pyridine rings is 1. The third-order valence-corrected chi connectivity index (χ3v) is 4.51. The lowest BCUT2D eigenvalue weighted by Crippen LogP contribution is -2.27. The molecule has 0 bridgehead atoms. The monoisotopic (exact) mass is 419 g/mol. The van der Waals surface area contributed by atoms with Crippen LogP contribution >= 0.6 is 0 Å². The fraction of sp³-hybridized carbons (Fsp3) is 0.368. The van der Waals surface area contributed by atoms with E-state index in [0.717, 1.165) is 5.56 Å². The van der Waals surface area contributed by atoms with Crippen LogP contribution in [-0.2, 0) is 29.9 Å². The van der Waals surface area contributed by atoms with Crippen molar-refractivity contribution in [1.82, 2.24) is 4.98 Å². The molecule has 156 valence electrons. The van der Waals surface area contributed by atoms with Crippen molar-refractivity contribution in [3.05, 3.63) is 58.3 Å². The molecule has 3 rings (SSSR count). The Morgan fingerprint density at radius 1 is 1.03 bits per heavy atom. The third kappa shape index (κ3) is 4.80. The van der Waals surface area contributed by atoms with Gasteiger partial charge in [0.15, 0.2) is 0 Å². The van der Waals surface area contributed by atoms with Crippen LogP contribution in [0.15, 0.2) is 30.3 Å². The number of benzene rings is 1. The minimum absolute atomic E-state index is 0.0379. The van der Waals surface area contributed by atoms with Crippen LogP contribution in [0.3, 0.4) is 0 Å². The van der Waals surface area contributed by atoms with E-state index >= 15 is 0 Å². The Labute approximate surface area is 161 Å². The zero-order valence-electron chi connectivity index (χ0n) is 15.0. The van der Waals surface area contributed by atoms with Crippen molar-refractivity contribution in [2.45, 2.75) is 37.7 Å². The highest BCUT2D eigenvalue weighted by Gasteiger charge is 2.38. The molecule has 4 nitrogen and oxygen atoms in total. The number of fused-ring (bicyclic) bond motifs is 1. The molecule has 0 fully saturated rings. The van der Waals surface area contributed by atoms with E-state index in [9.17, 15) is 31.1 Å². The van der Waals surface area contributed by atoms with Crippen LogP contribution in [0.25, 0.3) is 0 Å². The summed E-state index contributed by atoms with van der Waals surface area (Å²) in [6.07, 6.45) is -9.75. The van der Waals surface area contributed by atoms with Gasteiger partial charge < -0.3 is 9.47 Å². The van der Waals surface area contributed by atoms with Gasteiger partial charge >= 0.3 is 18.3 Å². The number of halogens is 6. The Bertz CT molecular complexity index is 891. The van der Waals surface area contributed by atoms with Crippen LogP contribution in [0.5, 0.6) is 5.88 Å². The van der Waals surface area contributed by atoms with Crippen LogP contribution in [-0.4, -0.2) is 24.2 Å². The molecule has 1 heterocycles. The second kappa shape index (κ2) is 7.57. The molecule has 29 heavy (non-hydrogen) atoms. The number of esters is 1. The SMILES string of the molecule is COc1ccc2c(n1)CC(OC(=O)c1cc(C(F)(F)F)cc(C(F)(F)F)c1)CC2. The summed E-state index contributed by atoms with van der Waals surface area (Å²) in [7, 11) is 1.43. The molecule has 1 atom stereocenters. The van der Waals surface area contributed by atoms with Crippen molar-refractivity contribution in [2.24, 2.45) is 0 Å². The van der Waals surface area contributed by atoms with Gasteiger partial charge in [-0.15, -0.1) is 0 Å². The number of aromatic nitrogens is 1. The molecule has 1 aromatic heterocycles. The smallest absolute Gasteiger partial charge is 0.416 e. The van der Waals surface area contributed by atoms with Crippen molar-refractivity contribution >= 4 is 5.97 Å². The van der Waals surface area contributed by atoms with Crippen molar-refractivity contribution in [3.63, 3.8) is 0 Å². The van der Waals surface area contributed by atoms with Gasteiger partial charge in [-0.1, -0.05) is 6.07 Å². The van der Waals surface area contributed by atoms with Gasteiger partial charge in [-0.05, 0) is 36.6 Å². The number of aryl methyl sites for hydroxylation is 1. The first-order valence-electron chi connectivity index (χ1n) is 8.50. The van der Waals surface area contributed by atoms with E-state index in [1.807, 2.05) is 6.07 Å². The van der Waals surface area contributed by atoms with Gasteiger partial charge in [0.2, 0.25) is 5.88 Å². The molecule has 1 aliphatic rings. The molecule has 1 aromatic carbocycles. The van der Waals surface area contributed by atoms with Crippen molar-refractivity contribution in [1.29, 1.82) is 0 Å². The minimum Gasteiger partial charge on any atom is -0.481 e. The van der Waals surface area contributed by atoms with Crippen LogP contribution in [0.1, 0.15) is 39.2 Å². The van der Waals surface area contributed by atoms with Crippen molar-refractivity contribution < 1.29 is 40.6 Å². The Morgan fingerprint density at radius 2 is 1.66 bits per heavy atom. The second-order valence-electron chi connectivity index (χ2n) is 6.52. The molecule has 10 heteroatoms. The van der Waals surface area contributed by atoms with Gasteiger partial charge in [0.25, 0.3) is 0 Å². The maximum absolute atomic E-state index is 13.0. The number of hydrogen-bond acceptors (Lipinski definition) is 4. The number of rotatable bonds is 3. The fourth-order valence-electron chi connectivity index (χ4n) is 3.06. The number of carbonyl (C=O) groups is 1. The molecule has 0 amide bonds. The molecule has 2 aromatic rings. The second-order valence-corrected chi connectivity index (χ2v) is 6.52.